The molecular formula is C9H16O2. The van der Waals surface area contributed by atoms with Crippen molar-refractivity contribution in [2.24, 2.45) is 0 Å². The smallest absolute Gasteiger partial charge is 0.0848 e. The van der Waals surface area contributed by atoms with Gasteiger partial charge in [-0.2, -0.15) is 0 Å². The molecule has 1 aliphatic heterocycles. The zero-order chi connectivity index (χ0) is 8.27. The first-order chi connectivity index (χ1) is 5.27. The molecule has 0 aromatic carbocycles. The highest BCUT2D eigenvalue weighted by atomic mass is 16.5. The van der Waals surface area contributed by atoms with Crippen molar-refractivity contribution in [1.29, 1.82) is 0 Å². The topological polar surface area (TPSA) is 29.5 Å². The molecule has 0 fully saturated rings. The molecule has 0 unspecified atom stereocenters. The van der Waals surface area contributed by atoms with Crippen LogP contribution in [0.3, 0.4) is 0 Å². The quantitative estimate of drug-likeness (QED) is 0.614. The first kappa shape index (κ1) is 8.75. The van der Waals surface area contributed by atoms with Gasteiger partial charge < -0.3 is 9.84 Å². The predicted octanol–water partition coefficient (Wildman–Crippen LogP) is 1.49. The van der Waals surface area contributed by atoms with Gasteiger partial charge >= 0.3 is 0 Å². The summed E-state index contributed by atoms with van der Waals surface area (Å²) >= 11 is 0. The molecule has 0 aliphatic carbocycles. The molecule has 0 bridgehead atoms. The van der Waals surface area contributed by atoms with Crippen LogP contribution < -0.4 is 0 Å². The van der Waals surface area contributed by atoms with Crippen molar-refractivity contribution in [3.63, 3.8) is 0 Å². The molecule has 2 heteroatoms. The molecular weight excluding hydrogens is 140 g/mol. The summed E-state index contributed by atoms with van der Waals surface area (Å²) in [7, 11) is 0. The molecule has 2 nitrogen and oxygen atoms in total. The molecule has 1 rings (SSSR count). The van der Waals surface area contributed by atoms with Gasteiger partial charge in [-0.25, -0.2) is 0 Å². The van der Waals surface area contributed by atoms with Crippen LogP contribution in [0.5, 0.6) is 0 Å². The maximum Gasteiger partial charge on any atom is 0.0848 e. The summed E-state index contributed by atoms with van der Waals surface area (Å²) in [6.45, 7) is 4.32. The Morgan fingerprint density at radius 3 is 3.00 bits per heavy atom. The highest BCUT2D eigenvalue weighted by molar-refractivity contribution is 5.08. The van der Waals surface area contributed by atoms with E-state index in [1.807, 2.05) is 0 Å². The van der Waals surface area contributed by atoms with E-state index in [9.17, 15) is 0 Å². The second-order valence-electron chi connectivity index (χ2n) is 3.02. The average molecular weight is 156 g/mol. The second kappa shape index (κ2) is 3.88. The highest BCUT2D eigenvalue weighted by Crippen LogP contribution is 2.20. The molecule has 11 heavy (non-hydrogen) atoms. The first-order valence-corrected chi connectivity index (χ1v) is 4.21. The van der Waals surface area contributed by atoms with Crippen LogP contribution in [0.1, 0.15) is 26.7 Å². The van der Waals surface area contributed by atoms with E-state index < -0.39 is 0 Å². The average Bonchev–Trinajstić information content (AvgIpc) is 2.05. The molecule has 64 valence electrons. The largest absolute Gasteiger partial charge is 0.394 e. The predicted molar refractivity (Wildman–Crippen MR) is 44.4 cm³/mol. The van der Waals surface area contributed by atoms with Crippen LogP contribution in [0.2, 0.25) is 0 Å². The standard InChI is InChI=1S/C9H16O2/c1-3-9-7(2)4-5-8(6-10)11-9/h4,8-10H,3,5-6H2,1-2H3/t8-,9-/m1/s1. The molecule has 0 spiro atoms. The minimum atomic E-state index is 0.0312. The Morgan fingerprint density at radius 1 is 1.73 bits per heavy atom. The van der Waals surface area contributed by atoms with Gasteiger partial charge in [-0.1, -0.05) is 13.0 Å². The number of aliphatic hydroxyl groups is 1. The fourth-order valence-electron chi connectivity index (χ4n) is 1.38. The van der Waals surface area contributed by atoms with Crippen molar-refractivity contribution in [1.82, 2.24) is 0 Å². The first-order valence-electron chi connectivity index (χ1n) is 4.21. The van der Waals surface area contributed by atoms with Gasteiger partial charge in [0.15, 0.2) is 0 Å². The van der Waals surface area contributed by atoms with E-state index in [1.54, 1.807) is 0 Å². The monoisotopic (exact) mass is 156 g/mol. The fraction of sp³-hybridized carbons (Fsp3) is 0.778. The van der Waals surface area contributed by atoms with E-state index in [0.29, 0.717) is 0 Å². The fourth-order valence-corrected chi connectivity index (χ4v) is 1.38. The van der Waals surface area contributed by atoms with Crippen molar-refractivity contribution in [2.75, 3.05) is 6.61 Å². The number of hydrogen-bond donors (Lipinski definition) is 1. The highest BCUT2D eigenvalue weighted by Gasteiger charge is 2.19. The summed E-state index contributed by atoms with van der Waals surface area (Å²) < 4.78 is 5.58. The van der Waals surface area contributed by atoms with Crippen LogP contribution >= 0.6 is 0 Å². The lowest BCUT2D eigenvalue weighted by atomic mass is 10.0. The van der Waals surface area contributed by atoms with Gasteiger partial charge in [-0.3, -0.25) is 0 Å². The summed E-state index contributed by atoms with van der Waals surface area (Å²) in [5, 5.41) is 8.84. The van der Waals surface area contributed by atoms with Crippen molar-refractivity contribution < 1.29 is 9.84 Å². The Bertz CT molecular complexity index is 152. The van der Waals surface area contributed by atoms with Crippen LogP contribution in [0.25, 0.3) is 0 Å². The molecule has 2 atom stereocenters. The van der Waals surface area contributed by atoms with Crippen LogP contribution in [0.15, 0.2) is 11.6 Å². The second-order valence-corrected chi connectivity index (χ2v) is 3.02. The molecule has 0 saturated carbocycles. The Hall–Kier alpha value is -0.340. The van der Waals surface area contributed by atoms with Gasteiger partial charge in [0.1, 0.15) is 0 Å². The third-order valence-corrected chi connectivity index (χ3v) is 2.14. The van der Waals surface area contributed by atoms with Gasteiger partial charge in [0.25, 0.3) is 0 Å². The normalized spacial score (nSPS) is 31.7. The van der Waals surface area contributed by atoms with Crippen LogP contribution in [-0.4, -0.2) is 23.9 Å². The Kier molecular flexibility index (Phi) is 3.09. The van der Waals surface area contributed by atoms with E-state index in [1.165, 1.54) is 5.57 Å². The third-order valence-electron chi connectivity index (χ3n) is 2.14. The molecule has 1 heterocycles. The molecule has 0 aromatic rings. The Morgan fingerprint density at radius 2 is 2.45 bits per heavy atom. The lowest BCUT2D eigenvalue weighted by Crippen LogP contribution is -2.28. The minimum absolute atomic E-state index is 0.0312. The SMILES string of the molecule is CC[C@H]1O[C@@H](CO)CC=C1C. The van der Waals surface area contributed by atoms with Gasteiger partial charge in [0, 0.05) is 0 Å². The van der Waals surface area contributed by atoms with Crippen LogP contribution in [0.4, 0.5) is 0 Å². The Balaban J connectivity index is 2.53. The van der Waals surface area contributed by atoms with Crippen molar-refractivity contribution >= 4 is 0 Å². The maximum absolute atomic E-state index is 8.84. The summed E-state index contributed by atoms with van der Waals surface area (Å²) in [6, 6.07) is 0. The van der Waals surface area contributed by atoms with Crippen molar-refractivity contribution in [2.45, 2.75) is 38.9 Å². The van der Waals surface area contributed by atoms with Gasteiger partial charge in [-0.15, -0.1) is 0 Å². The Labute approximate surface area is 67.9 Å². The summed E-state index contributed by atoms with van der Waals surface area (Å²) in [4.78, 5) is 0. The summed E-state index contributed by atoms with van der Waals surface area (Å²) in [5.74, 6) is 0. The van der Waals surface area contributed by atoms with Gasteiger partial charge in [0.2, 0.25) is 0 Å². The lowest BCUT2D eigenvalue weighted by Gasteiger charge is -2.27. The molecule has 1 aliphatic rings. The minimum Gasteiger partial charge on any atom is -0.394 e. The van der Waals surface area contributed by atoms with Crippen molar-refractivity contribution in [3.05, 3.63) is 11.6 Å². The molecule has 0 aromatic heterocycles. The van der Waals surface area contributed by atoms with Crippen molar-refractivity contribution in [3.8, 4) is 0 Å². The number of rotatable bonds is 2. The molecule has 0 radical (unpaired) electrons. The summed E-state index contributed by atoms with van der Waals surface area (Å²) in [5.41, 5.74) is 1.30. The van der Waals surface area contributed by atoms with E-state index in [-0.39, 0.29) is 18.8 Å². The zero-order valence-corrected chi connectivity index (χ0v) is 7.21. The van der Waals surface area contributed by atoms with E-state index >= 15 is 0 Å². The third kappa shape index (κ3) is 2.04. The van der Waals surface area contributed by atoms with Gasteiger partial charge in [-0.05, 0) is 25.3 Å². The number of aliphatic hydroxyl groups excluding tert-OH is 1. The molecule has 1 N–H and O–H groups in total. The number of hydrogen-bond acceptors (Lipinski definition) is 2. The van der Waals surface area contributed by atoms with E-state index in [2.05, 4.69) is 19.9 Å². The van der Waals surface area contributed by atoms with Gasteiger partial charge in [0.05, 0.1) is 18.8 Å². The number of ether oxygens (including phenoxy) is 1. The molecule has 0 amide bonds. The van der Waals surface area contributed by atoms with Crippen LogP contribution in [-0.2, 0) is 4.74 Å². The maximum atomic E-state index is 8.84. The van der Waals surface area contributed by atoms with Crippen LogP contribution in [0, 0.1) is 0 Å². The summed E-state index contributed by atoms with van der Waals surface area (Å²) in [6.07, 6.45) is 4.29. The molecule has 0 saturated heterocycles. The lowest BCUT2D eigenvalue weighted by molar-refractivity contribution is -0.0310. The van der Waals surface area contributed by atoms with E-state index in [4.69, 9.17) is 9.84 Å². The van der Waals surface area contributed by atoms with E-state index in [0.717, 1.165) is 12.8 Å². The zero-order valence-electron chi connectivity index (χ0n) is 7.21.